The first-order chi connectivity index (χ1) is 24.2. The first-order valence-corrected chi connectivity index (χ1v) is 18.5. The molecule has 0 N–H and O–H groups in total. The molecule has 1 aliphatic heterocycles. The molecule has 0 atom stereocenters. The lowest BCUT2D eigenvalue weighted by molar-refractivity contribution is -0.124. The molecule has 7 rings (SSSR count). The van der Waals surface area contributed by atoms with Crippen LogP contribution in [0.2, 0.25) is 0 Å². The van der Waals surface area contributed by atoms with E-state index in [1.807, 2.05) is 43.9 Å². The highest BCUT2D eigenvalue weighted by Gasteiger charge is 2.37. The number of morpholine rings is 1. The SMILES string of the molecule is COc1ccc([C@H]2CC[C@H](CN(c3cc(-c4coc(C5CC5)n4)ccn3)C(=O)[C@H]3CC[C@H](OC(=O)N4CCOC(C)(C)C4)CC3)CC2)nc1C. The summed E-state index contributed by atoms with van der Waals surface area (Å²) in [6.07, 6.45) is 12.0. The minimum atomic E-state index is -0.381. The van der Waals surface area contributed by atoms with Crippen LogP contribution >= 0.6 is 0 Å². The van der Waals surface area contributed by atoms with Crippen LogP contribution in [0.5, 0.6) is 5.75 Å². The average molecular weight is 686 g/mol. The van der Waals surface area contributed by atoms with Crippen LogP contribution < -0.4 is 9.64 Å². The van der Waals surface area contributed by atoms with Crippen molar-refractivity contribution in [2.45, 2.75) is 109 Å². The number of ether oxygens (including phenoxy) is 3. The van der Waals surface area contributed by atoms with Gasteiger partial charge in [-0.25, -0.2) is 14.8 Å². The zero-order valence-corrected chi connectivity index (χ0v) is 29.9. The fourth-order valence-corrected chi connectivity index (χ4v) is 7.91. The van der Waals surface area contributed by atoms with E-state index in [0.717, 1.165) is 72.8 Å². The quantitative estimate of drug-likeness (QED) is 0.226. The molecule has 2 amide bonds. The number of methoxy groups -OCH3 is 1. The van der Waals surface area contributed by atoms with E-state index < -0.39 is 0 Å². The van der Waals surface area contributed by atoms with Crippen LogP contribution in [-0.4, -0.2) is 76.9 Å². The van der Waals surface area contributed by atoms with Gasteiger partial charge in [0.15, 0.2) is 5.89 Å². The maximum atomic E-state index is 14.5. The van der Waals surface area contributed by atoms with Crippen LogP contribution in [-0.2, 0) is 14.3 Å². The van der Waals surface area contributed by atoms with Crippen molar-refractivity contribution in [3.63, 3.8) is 0 Å². The number of anilines is 1. The smallest absolute Gasteiger partial charge is 0.410 e. The number of rotatable bonds is 9. The van der Waals surface area contributed by atoms with Crippen molar-refractivity contribution < 1.29 is 28.2 Å². The molecule has 0 aromatic carbocycles. The molecule has 4 aliphatic rings. The largest absolute Gasteiger partial charge is 0.495 e. The number of carbonyl (C=O) groups excluding carboxylic acids is 2. The second-order valence-corrected chi connectivity index (χ2v) is 15.3. The Hall–Kier alpha value is -3.99. The van der Waals surface area contributed by atoms with Crippen LogP contribution in [0.1, 0.15) is 107 Å². The summed E-state index contributed by atoms with van der Waals surface area (Å²) in [6, 6.07) is 8.03. The van der Waals surface area contributed by atoms with E-state index in [9.17, 15) is 9.59 Å². The molecule has 0 spiro atoms. The summed E-state index contributed by atoms with van der Waals surface area (Å²) >= 11 is 0. The predicted molar refractivity (Wildman–Crippen MR) is 188 cm³/mol. The van der Waals surface area contributed by atoms with Gasteiger partial charge in [-0.15, -0.1) is 0 Å². The Balaban J connectivity index is 1.03. The Morgan fingerprint density at radius 2 is 1.74 bits per heavy atom. The minimum Gasteiger partial charge on any atom is -0.495 e. The van der Waals surface area contributed by atoms with Crippen molar-refractivity contribution in [3.8, 4) is 17.0 Å². The van der Waals surface area contributed by atoms with E-state index in [2.05, 4.69) is 6.07 Å². The van der Waals surface area contributed by atoms with Crippen LogP contribution in [0, 0.1) is 18.8 Å². The second-order valence-electron chi connectivity index (χ2n) is 15.3. The summed E-state index contributed by atoms with van der Waals surface area (Å²) in [5, 5.41) is 0. The maximum Gasteiger partial charge on any atom is 0.410 e. The van der Waals surface area contributed by atoms with Crippen molar-refractivity contribution in [2.24, 2.45) is 11.8 Å². The first-order valence-electron chi connectivity index (χ1n) is 18.5. The molecule has 268 valence electrons. The van der Waals surface area contributed by atoms with Crippen LogP contribution in [0.15, 0.2) is 41.1 Å². The Kier molecular flexibility index (Phi) is 10.1. The molecule has 1 saturated heterocycles. The lowest BCUT2D eigenvalue weighted by Gasteiger charge is -2.39. The number of amides is 2. The van der Waals surface area contributed by atoms with E-state index in [0.29, 0.717) is 75.5 Å². The van der Waals surface area contributed by atoms with E-state index in [1.54, 1.807) is 24.5 Å². The monoisotopic (exact) mass is 685 g/mol. The molecule has 50 heavy (non-hydrogen) atoms. The highest BCUT2D eigenvalue weighted by molar-refractivity contribution is 5.94. The predicted octanol–water partition coefficient (Wildman–Crippen LogP) is 7.44. The van der Waals surface area contributed by atoms with Crippen LogP contribution in [0.25, 0.3) is 11.3 Å². The van der Waals surface area contributed by atoms with Gasteiger partial charge >= 0.3 is 6.09 Å². The third kappa shape index (κ3) is 7.98. The normalized spacial score (nSPS) is 25.2. The molecule has 0 radical (unpaired) electrons. The highest BCUT2D eigenvalue weighted by atomic mass is 16.6. The van der Waals surface area contributed by atoms with E-state index in [4.69, 9.17) is 33.6 Å². The number of aromatic nitrogens is 3. The molecule has 3 saturated carbocycles. The van der Waals surface area contributed by atoms with Crippen molar-refractivity contribution in [1.29, 1.82) is 0 Å². The van der Waals surface area contributed by atoms with Gasteiger partial charge in [0.05, 0.1) is 31.6 Å². The van der Waals surface area contributed by atoms with Gasteiger partial charge < -0.3 is 23.5 Å². The Labute approximate surface area is 295 Å². The first kappa shape index (κ1) is 34.5. The minimum absolute atomic E-state index is 0.0998. The molecule has 0 unspecified atom stereocenters. The summed E-state index contributed by atoms with van der Waals surface area (Å²) in [4.78, 5) is 45.5. The summed E-state index contributed by atoms with van der Waals surface area (Å²) in [5.74, 6) is 3.37. The summed E-state index contributed by atoms with van der Waals surface area (Å²) in [5.41, 5.74) is 3.33. The average Bonchev–Trinajstić information content (AvgIpc) is 3.86. The van der Waals surface area contributed by atoms with Crippen molar-refractivity contribution in [1.82, 2.24) is 19.9 Å². The molecule has 4 heterocycles. The number of pyridine rings is 2. The number of oxazole rings is 1. The lowest BCUT2D eigenvalue weighted by Crippen LogP contribution is -2.51. The van der Waals surface area contributed by atoms with Gasteiger partial charge in [0.1, 0.15) is 29.6 Å². The van der Waals surface area contributed by atoms with Gasteiger partial charge in [0, 0.05) is 48.3 Å². The molecular formula is C39H51N5O6. The molecule has 0 bridgehead atoms. The van der Waals surface area contributed by atoms with Gasteiger partial charge in [0.2, 0.25) is 5.91 Å². The van der Waals surface area contributed by atoms with E-state index >= 15 is 0 Å². The van der Waals surface area contributed by atoms with Gasteiger partial charge in [-0.05, 0) is 115 Å². The van der Waals surface area contributed by atoms with Gasteiger partial charge in [-0.3, -0.25) is 14.7 Å². The lowest BCUT2D eigenvalue weighted by atomic mass is 9.79. The number of carbonyl (C=O) groups is 2. The molecule has 3 aromatic rings. The van der Waals surface area contributed by atoms with Crippen LogP contribution in [0.3, 0.4) is 0 Å². The molecule has 11 heteroatoms. The van der Waals surface area contributed by atoms with Crippen molar-refractivity contribution >= 4 is 17.8 Å². The molecule has 3 aliphatic carbocycles. The summed E-state index contributed by atoms with van der Waals surface area (Å²) in [7, 11) is 1.68. The molecule has 3 aromatic heterocycles. The number of aryl methyl sites for hydroxylation is 1. The zero-order valence-electron chi connectivity index (χ0n) is 29.9. The van der Waals surface area contributed by atoms with Gasteiger partial charge in [-0.1, -0.05) is 0 Å². The fourth-order valence-electron chi connectivity index (χ4n) is 7.91. The van der Waals surface area contributed by atoms with E-state index in [-0.39, 0.29) is 29.6 Å². The summed E-state index contributed by atoms with van der Waals surface area (Å²) < 4.78 is 22.9. The zero-order chi connectivity index (χ0) is 34.8. The number of nitrogens with zero attached hydrogens (tertiary/aromatic N) is 5. The highest BCUT2D eigenvalue weighted by Crippen LogP contribution is 2.41. The topological polar surface area (TPSA) is 120 Å². The standard InChI is InChI=1S/C39H51N5O6/c1-25-34(47-4)16-15-32(41-25)27-7-5-26(6-8-27)22-44(35-21-30(17-18-40-35)33-23-48-36(42-33)28-9-10-28)37(45)29-11-13-31(14-12-29)50-38(46)43-19-20-49-39(2,3)24-43/h15-18,21,23,26-29,31H,5-14,19-20,22,24H2,1-4H3/t26-,27-,29-,31-. The van der Waals surface area contributed by atoms with Gasteiger partial charge in [0.25, 0.3) is 0 Å². The maximum absolute atomic E-state index is 14.5. The molecular weight excluding hydrogens is 634 g/mol. The van der Waals surface area contributed by atoms with Crippen molar-refractivity contribution in [3.05, 3.63) is 54.0 Å². The van der Waals surface area contributed by atoms with Gasteiger partial charge in [-0.2, -0.15) is 0 Å². The van der Waals surface area contributed by atoms with Crippen molar-refractivity contribution in [2.75, 3.05) is 38.3 Å². The number of hydrogen-bond acceptors (Lipinski definition) is 9. The Bertz CT molecular complexity index is 1650. The Morgan fingerprint density at radius 3 is 2.44 bits per heavy atom. The summed E-state index contributed by atoms with van der Waals surface area (Å²) in [6.45, 7) is 8.13. The third-order valence-corrected chi connectivity index (χ3v) is 11.0. The van der Waals surface area contributed by atoms with E-state index in [1.165, 1.54) is 0 Å². The second kappa shape index (κ2) is 14.7. The third-order valence-electron chi connectivity index (χ3n) is 11.0. The molecule has 11 nitrogen and oxygen atoms in total. The Morgan fingerprint density at radius 1 is 0.980 bits per heavy atom. The number of hydrogen-bond donors (Lipinski definition) is 0. The van der Waals surface area contributed by atoms with Crippen LogP contribution in [0.4, 0.5) is 10.6 Å². The fraction of sp³-hybridized carbons (Fsp3) is 0.615. The molecule has 4 fully saturated rings.